The number of aromatic nitrogens is 4. The van der Waals surface area contributed by atoms with E-state index in [1.165, 1.54) is 6.07 Å². The number of nitrogens with zero attached hydrogens (tertiary/aromatic N) is 5. The van der Waals surface area contributed by atoms with Crippen LogP contribution in [-0.2, 0) is 10.9 Å². The van der Waals surface area contributed by atoms with E-state index in [1.807, 2.05) is 19.2 Å². The van der Waals surface area contributed by atoms with E-state index >= 15 is 0 Å². The Balaban J connectivity index is 1.31. The van der Waals surface area contributed by atoms with Gasteiger partial charge in [-0.25, -0.2) is 9.67 Å². The Morgan fingerprint density at radius 2 is 1.95 bits per heavy atom. The van der Waals surface area contributed by atoms with Gasteiger partial charge in [0.1, 0.15) is 23.7 Å². The third-order valence-electron chi connectivity index (χ3n) is 6.43. The molecule has 1 aliphatic heterocycles. The van der Waals surface area contributed by atoms with Gasteiger partial charge in [-0.1, -0.05) is 12.1 Å². The molecule has 9 nitrogen and oxygen atoms in total. The van der Waals surface area contributed by atoms with Crippen molar-refractivity contribution >= 4 is 11.6 Å². The number of benzene rings is 1. The number of carbonyl (C=O) groups is 1. The van der Waals surface area contributed by atoms with Gasteiger partial charge in [0.25, 0.3) is 5.91 Å². The molecule has 40 heavy (non-hydrogen) atoms. The lowest BCUT2D eigenvalue weighted by Crippen LogP contribution is -2.38. The maximum atomic E-state index is 13.0. The van der Waals surface area contributed by atoms with E-state index in [1.54, 1.807) is 41.5 Å². The summed E-state index contributed by atoms with van der Waals surface area (Å²) >= 11 is 0. The monoisotopic (exact) mass is 552 g/mol. The van der Waals surface area contributed by atoms with Crippen LogP contribution < -0.4 is 10.1 Å². The van der Waals surface area contributed by atoms with Crippen LogP contribution in [0.3, 0.4) is 0 Å². The van der Waals surface area contributed by atoms with Crippen LogP contribution in [0.5, 0.6) is 5.75 Å². The fourth-order valence-electron chi connectivity index (χ4n) is 4.28. The first-order chi connectivity index (χ1) is 19.3. The Hall–Kier alpha value is -4.29. The Labute approximate surface area is 228 Å². The maximum Gasteiger partial charge on any atom is 0.433 e. The molecular weight excluding hydrogens is 525 g/mol. The molecule has 0 saturated carbocycles. The van der Waals surface area contributed by atoms with E-state index in [2.05, 4.69) is 25.3 Å². The van der Waals surface area contributed by atoms with E-state index in [0.29, 0.717) is 23.7 Å². The second-order valence-electron chi connectivity index (χ2n) is 9.21. The van der Waals surface area contributed by atoms with Gasteiger partial charge in [0, 0.05) is 55.0 Å². The Kier molecular flexibility index (Phi) is 8.08. The van der Waals surface area contributed by atoms with Gasteiger partial charge >= 0.3 is 6.18 Å². The minimum absolute atomic E-state index is 0.337. The smallest absolute Gasteiger partial charge is 0.433 e. The number of aryl methyl sites for hydroxylation is 1. The van der Waals surface area contributed by atoms with Crippen LogP contribution in [0, 0.1) is 6.92 Å². The van der Waals surface area contributed by atoms with Gasteiger partial charge in [-0.05, 0) is 42.8 Å². The predicted molar refractivity (Wildman–Crippen MR) is 141 cm³/mol. The summed E-state index contributed by atoms with van der Waals surface area (Å²) in [6.45, 7) is 6.42. The highest BCUT2D eigenvalue weighted by molar-refractivity contribution is 6.03. The van der Waals surface area contributed by atoms with Crippen molar-refractivity contribution in [3.63, 3.8) is 0 Å². The van der Waals surface area contributed by atoms with Gasteiger partial charge in [0.15, 0.2) is 0 Å². The minimum atomic E-state index is -4.65. The van der Waals surface area contributed by atoms with Crippen molar-refractivity contribution < 1.29 is 27.4 Å². The highest BCUT2D eigenvalue weighted by Crippen LogP contribution is 2.30. The molecule has 3 aromatic heterocycles. The number of alkyl halides is 3. The van der Waals surface area contributed by atoms with E-state index in [-0.39, 0.29) is 5.69 Å². The van der Waals surface area contributed by atoms with Crippen LogP contribution >= 0.6 is 0 Å². The summed E-state index contributed by atoms with van der Waals surface area (Å²) < 4.78 is 52.2. The van der Waals surface area contributed by atoms with E-state index in [4.69, 9.17) is 9.47 Å². The molecule has 0 spiro atoms. The molecule has 1 aliphatic rings. The number of morpholine rings is 1. The third kappa shape index (κ3) is 6.46. The fourth-order valence-corrected chi connectivity index (χ4v) is 4.28. The first-order valence-corrected chi connectivity index (χ1v) is 12.7. The minimum Gasteiger partial charge on any atom is -0.491 e. The summed E-state index contributed by atoms with van der Waals surface area (Å²) in [5.74, 6) is -0.0644. The topological polar surface area (TPSA) is 94.4 Å². The SMILES string of the molecule is Cc1ccc(NC(=O)c2cccc(C(F)(F)F)n2)cc1-n1cc(-c2cnccc2OCCN2CCOCC2)cn1. The number of halogens is 3. The van der Waals surface area contributed by atoms with Crippen molar-refractivity contribution in [2.45, 2.75) is 13.1 Å². The Bertz CT molecular complexity index is 1480. The van der Waals surface area contributed by atoms with Crippen molar-refractivity contribution in [2.24, 2.45) is 0 Å². The number of rotatable bonds is 8. The summed E-state index contributed by atoms with van der Waals surface area (Å²) in [4.78, 5) is 22.6. The maximum absolute atomic E-state index is 13.0. The first kappa shape index (κ1) is 27.3. The molecule has 1 amide bonds. The second-order valence-corrected chi connectivity index (χ2v) is 9.21. The van der Waals surface area contributed by atoms with E-state index in [9.17, 15) is 18.0 Å². The highest BCUT2D eigenvalue weighted by atomic mass is 19.4. The summed E-state index contributed by atoms with van der Waals surface area (Å²) in [6.07, 6.45) is 2.27. The molecule has 0 atom stereocenters. The molecule has 0 bridgehead atoms. The van der Waals surface area contributed by atoms with Gasteiger partial charge in [-0.3, -0.25) is 14.7 Å². The molecule has 208 valence electrons. The number of anilines is 1. The van der Waals surface area contributed by atoms with Gasteiger partial charge in [-0.15, -0.1) is 0 Å². The second kappa shape index (κ2) is 11.8. The van der Waals surface area contributed by atoms with Crippen molar-refractivity contribution in [2.75, 3.05) is 44.8 Å². The molecule has 1 saturated heterocycles. The predicted octanol–water partition coefficient (Wildman–Crippen LogP) is 4.62. The average molecular weight is 553 g/mol. The molecule has 12 heteroatoms. The van der Waals surface area contributed by atoms with Gasteiger partial charge in [-0.2, -0.15) is 18.3 Å². The van der Waals surface area contributed by atoms with E-state index in [0.717, 1.165) is 61.7 Å². The normalized spacial score (nSPS) is 14.2. The van der Waals surface area contributed by atoms with Crippen molar-refractivity contribution in [1.29, 1.82) is 0 Å². The van der Waals surface area contributed by atoms with Gasteiger partial charge < -0.3 is 14.8 Å². The highest BCUT2D eigenvalue weighted by Gasteiger charge is 2.33. The molecule has 0 unspecified atom stereocenters. The Morgan fingerprint density at radius 1 is 1.12 bits per heavy atom. The summed E-state index contributed by atoms with van der Waals surface area (Å²) in [7, 11) is 0. The summed E-state index contributed by atoms with van der Waals surface area (Å²) in [6, 6.07) is 10.2. The zero-order valence-corrected chi connectivity index (χ0v) is 21.7. The molecule has 0 aliphatic carbocycles. The number of hydrogen-bond donors (Lipinski definition) is 1. The molecule has 1 aromatic carbocycles. The number of carbonyl (C=O) groups excluding carboxylic acids is 1. The molecule has 1 fully saturated rings. The molecule has 4 heterocycles. The van der Waals surface area contributed by atoms with Gasteiger partial charge in [0.2, 0.25) is 0 Å². The number of pyridine rings is 2. The molecule has 1 N–H and O–H groups in total. The van der Waals surface area contributed by atoms with Crippen LogP contribution in [0.2, 0.25) is 0 Å². The van der Waals surface area contributed by atoms with Crippen LogP contribution in [0.4, 0.5) is 18.9 Å². The average Bonchev–Trinajstić information content (AvgIpc) is 3.44. The molecular formula is C28H27F3N6O3. The summed E-state index contributed by atoms with van der Waals surface area (Å²) in [5.41, 5.74) is 2.04. The first-order valence-electron chi connectivity index (χ1n) is 12.7. The number of amides is 1. The van der Waals surface area contributed by atoms with Crippen molar-refractivity contribution in [3.05, 3.63) is 84.2 Å². The van der Waals surface area contributed by atoms with Gasteiger partial charge in [0.05, 0.1) is 25.1 Å². The van der Waals surface area contributed by atoms with Crippen LogP contribution in [-0.4, -0.2) is 70.0 Å². The standard InChI is InChI=1S/C28H27F3N6O3/c1-19-5-6-21(34-27(38)23-3-2-4-26(35-23)28(29,30)31)15-24(19)37-18-20(16-33-37)22-17-32-8-7-25(22)40-14-11-36-9-12-39-13-10-36/h2-8,15-18H,9-14H2,1H3,(H,34,38). The lowest BCUT2D eigenvalue weighted by molar-refractivity contribution is -0.141. The third-order valence-corrected chi connectivity index (χ3v) is 6.43. The van der Waals surface area contributed by atoms with Crippen LogP contribution in [0.15, 0.2) is 67.3 Å². The number of nitrogens with one attached hydrogen (secondary N) is 1. The van der Waals surface area contributed by atoms with Crippen LogP contribution in [0.25, 0.3) is 16.8 Å². The van der Waals surface area contributed by atoms with Crippen molar-refractivity contribution in [1.82, 2.24) is 24.6 Å². The largest absolute Gasteiger partial charge is 0.491 e. The zero-order valence-electron chi connectivity index (χ0n) is 21.7. The number of hydrogen-bond acceptors (Lipinski definition) is 7. The zero-order chi connectivity index (χ0) is 28.1. The number of ether oxygens (including phenoxy) is 2. The van der Waals surface area contributed by atoms with Crippen molar-refractivity contribution in [3.8, 4) is 22.6 Å². The lowest BCUT2D eigenvalue weighted by Gasteiger charge is -2.26. The molecule has 4 aromatic rings. The Morgan fingerprint density at radius 3 is 2.75 bits per heavy atom. The molecule has 0 radical (unpaired) electrons. The quantitative estimate of drug-likeness (QED) is 0.341. The molecule has 5 rings (SSSR count). The van der Waals surface area contributed by atoms with E-state index < -0.39 is 17.8 Å². The summed E-state index contributed by atoms with van der Waals surface area (Å²) in [5, 5.41) is 7.12. The van der Waals surface area contributed by atoms with Crippen LogP contribution in [0.1, 0.15) is 21.7 Å². The fraction of sp³-hybridized carbons (Fsp3) is 0.286. The lowest BCUT2D eigenvalue weighted by atomic mass is 10.1.